The monoisotopic (exact) mass is 527 g/mol. The van der Waals surface area contributed by atoms with E-state index in [2.05, 4.69) is 5.32 Å². The highest BCUT2D eigenvalue weighted by Crippen LogP contribution is 2.42. The first-order valence-electron chi connectivity index (χ1n) is 13.3. The highest BCUT2D eigenvalue weighted by Gasteiger charge is 2.31. The average Bonchev–Trinajstić information content (AvgIpc) is 2.77. The van der Waals surface area contributed by atoms with Gasteiger partial charge in [0.1, 0.15) is 29.7 Å². The van der Waals surface area contributed by atoms with Crippen LogP contribution in [0.15, 0.2) is 36.4 Å². The lowest BCUT2D eigenvalue weighted by Gasteiger charge is -2.30. The van der Waals surface area contributed by atoms with Gasteiger partial charge in [-0.1, -0.05) is 58.0 Å². The van der Waals surface area contributed by atoms with Gasteiger partial charge in [-0.2, -0.15) is 0 Å². The van der Waals surface area contributed by atoms with Gasteiger partial charge in [-0.05, 0) is 81.5 Å². The minimum atomic E-state index is -0.805. The van der Waals surface area contributed by atoms with Gasteiger partial charge in [0, 0.05) is 5.56 Å². The molecule has 0 bridgehead atoms. The zero-order valence-electron chi connectivity index (χ0n) is 24.4. The largest absolute Gasteiger partial charge is 0.508 e. The molecule has 7 heteroatoms. The first-order chi connectivity index (χ1) is 17.6. The van der Waals surface area contributed by atoms with Gasteiger partial charge in [0.05, 0.1) is 6.61 Å². The maximum Gasteiger partial charge on any atom is 0.408 e. The number of rotatable bonds is 11. The number of phenolic OH excluding ortho intramolecular Hbond substituents is 1. The fourth-order valence-electron chi connectivity index (χ4n) is 4.52. The third kappa shape index (κ3) is 9.26. The molecule has 0 aliphatic rings. The number of hydrogen-bond donors (Lipinski definition) is 2. The Kier molecular flexibility index (Phi) is 10.6. The summed E-state index contributed by atoms with van der Waals surface area (Å²) in [6.07, 6.45) is 0.250. The maximum atomic E-state index is 12.9. The molecule has 7 nitrogen and oxygen atoms in total. The van der Waals surface area contributed by atoms with E-state index in [0.29, 0.717) is 19.4 Å². The fraction of sp³-hybridized carbons (Fsp3) is 0.548. The van der Waals surface area contributed by atoms with E-state index >= 15 is 0 Å². The number of carbonyl (C=O) groups is 2. The number of phenols is 1. The molecule has 0 fully saturated rings. The van der Waals surface area contributed by atoms with Crippen molar-refractivity contribution in [2.45, 2.75) is 98.8 Å². The molecule has 0 saturated carbocycles. The first-order valence-corrected chi connectivity index (χ1v) is 13.3. The molecular formula is C31H45NO6. The Morgan fingerprint density at radius 3 is 2.24 bits per heavy atom. The molecule has 2 aromatic carbocycles. The van der Waals surface area contributed by atoms with Gasteiger partial charge in [0.15, 0.2) is 0 Å². The number of carbonyl (C=O) groups excluding carboxylic acids is 2. The van der Waals surface area contributed by atoms with Crippen LogP contribution < -0.4 is 10.1 Å². The molecule has 0 aromatic heterocycles. The molecule has 1 amide bonds. The summed E-state index contributed by atoms with van der Waals surface area (Å²) in [5, 5.41) is 13.5. The zero-order chi connectivity index (χ0) is 28.7. The van der Waals surface area contributed by atoms with E-state index in [1.165, 1.54) is 0 Å². The van der Waals surface area contributed by atoms with Crippen molar-refractivity contribution >= 4 is 12.1 Å². The topological polar surface area (TPSA) is 94.1 Å². The summed E-state index contributed by atoms with van der Waals surface area (Å²) >= 11 is 0. The lowest BCUT2D eigenvalue weighted by molar-refractivity contribution is -0.147. The normalized spacial score (nSPS) is 12.7. The number of hydrogen-bond acceptors (Lipinski definition) is 6. The molecule has 0 aliphatic carbocycles. The first kappa shape index (κ1) is 31.0. The Bertz CT molecular complexity index is 1090. The molecule has 2 aromatic rings. The van der Waals surface area contributed by atoms with E-state index in [1.807, 2.05) is 71.9 Å². The maximum absolute atomic E-state index is 12.9. The molecule has 2 N–H and O–H groups in total. The van der Waals surface area contributed by atoms with Gasteiger partial charge in [-0.25, -0.2) is 9.59 Å². The second kappa shape index (κ2) is 13.0. The number of nitrogens with one attached hydrogen (secondary N) is 1. The number of ether oxygens (including phenoxy) is 3. The van der Waals surface area contributed by atoms with E-state index in [-0.39, 0.29) is 18.3 Å². The lowest BCUT2D eigenvalue weighted by atomic mass is 9.78. The van der Waals surface area contributed by atoms with Crippen molar-refractivity contribution in [3.63, 3.8) is 0 Å². The number of aryl methyl sites for hydroxylation is 1. The molecule has 210 valence electrons. The fourth-order valence-corrected chi connectivity index (χ4v) is 4.52. The van der Waals surface area contributed by atoms with Gasteiger partial charge in [0.2, 0.25) is 0 Å². The highest BCUT2D eigenvalue weighted by atomic mass is 16.6. The van der Waals surface area contributed by atoms with Crippen molar-refractivity contribution in [3.8, 4) is 11.5 Å². The number of aromatic hydroxyl groups is 1. The Morgan fingerprint density at radius 1 is 1.03 bits per heavy atom. The molecule has 0 aliphatic heterocycles. The van der Waals surface area contributed by atoms with Crippen LogP contribution in [0.4, 0.5) is 4.79 Å². The van der Waals surface area contributed by atoms with Crippen LogP contribution in [0, 0.1) is 19.8 Å². The quantitative estimate of drug-likeness (QED) is 0.314. The third-order valence-corrected chi connectivity index (χ3v) is 6.24. The summed E-state index contributed by atoms with van der Waals surface area (Å²) < 4.78 is 17.1. The van der Waals surface area contributed by atoms with Crippen LogP contribution in [0.2, 0.25) is 0 Å². The summed E-state index contributed by atoms with van der Waals surface area (Å²) in [5.74, 6) is 0.593. The van der Waals surface area contributed by atoms with Crippen molar-refractivity contribution < 1.29 is 28.9 Å². The van der Waals surface area contributed by atoms with Crippen molar-refractivity contribution in [2.24, 2.45) is 5.92 Å². The van der Waals surface area contributed by atoms with Crippen LogP contribution in [0.5, 0.6) is 11.5 Å². The number of amides is 1. The number of alkyl carbamates (subject to hydrolysis) is 1. The summed E-state index contributed by atoms with van der Waals surface area (Å²) in [4.78, 5) is 25.2. The van der Waals surface area contributed by atoms with Gasteiger partial charge in [0.25, 0.3) is 0 Å². The van der Waals surface area contributed by atoms with Crippen LogP contribution in [-0.2, 0) is 26.3 Å². The van der Waals surface area contributed by atoms with Crippen molar-refractivity contribution in [1.29, 1.82) is 0 Å². The summed E-state index contributed by atoms with van der Waals surface area (Å²) in [7, 11) is 0. The second-order valence-corrected chi connectivity index (χ2v) is 11.9. The summed E-state index contributed by atoms with van der Waals surface area (Å²) in [6, 6.07) is 10.8. The molecule has 0 spiro atoms. The lowest BCUT2D eigenvalue weighted by Crippen LogP contribution is -2.45. The van der Waals surface area contributed by atoms with Gasteiger partial charge < -0.3 is 24.6 Å². The van der Waals surface area contributed by atoms with Crippen LogP contribution in [0.1, 0.15) is 83.6 Å². The molecule has 0 saturated heterocycles. The Balaban J connectivity index is 2.11. The standard InChI is InChI=1S/C31H45NO6/c1-20(2)17-24(32-29(35)38-30(5,6)7)28(34)36-16-15-31(8,9)26-22(4)27(21(3)18-25(26)33)37-19-23-13-11-10-12-14-23/h10-14,18,20,24,33H,15-17,19H2,1-9H3,(H,32,35)/t24-/m0/s1. The number of esters is 1. The zero-order valence-corrected chi connectivity index (χ0v) is 24.4. The van der Waals surface area contributed by atoms with Crippen molar-refractivity contribution in [1.82, 2.24) is 5.32 Å². The van der Waals surface area contributed by atoms with E-state index in [1.54, 1.807) is 26.8 Å². The van der Waals surface area contributed by atoms with Crippen LogP contribution in [0.25, 0.3) is 0 Å². The molecular weight excluding hydrogens is 482 g/mol. The minimum Gasteiger partial charge on any atom is -0.508 e. The molecule has 2 rings (SSSR count). The predicted molar refractivity (Wildman–Crippen MR) is 150 cm³/mol. The van der Waals surface area contributed by atoms with Crippen molar-refractivity contribution in [3.05, 3.63) is 58.7 Å². The highest BCUT2D eigenvalue weighted by molar-refractivity contribution is 5.81. The average molecular weight is 528 g/mol. The second-order valence-electron chi connectivity index (χ2n) is 11.9. The molecule has 0 radical (unpaired) electrons. The predicted octanol–water partition coefficient (Wildman–Crippen LogP) is 6.74. The van der Waals surface area contributed by atoms with Gasteiger partial charge in [-0.3, -0.25) is 0 Å². The van der Waals surface area contributed by atoms with E-state index in [0.717, 1.165) is 28.0 Å². The van der Waals surface area contributed by atoms with Crippen LogP contribution >= 0.6 is 0 Å². The van der Waals surface area contributed by atoms with Crippen LogP contribution in [-0.4, -0.2) is 35.4 Å². The van der Waals surface area contributed by atoms with E-state index in [4.69, 9.17) is 14.2 Å². The summed E-state index contributed by atoms with van der Waals surface area (Å²) in [6.45, 7) is 17.7. The third-order valence-electron chi connectivity index (χ3n) is 6.24. The Morgan fingerprint density at radius 2 is 1.66 bits per heavy atom. The van der Waals surface area contributed by atoms with E-state index < -0.39 is 29.1 Å². The molecule has 0 heterocycles. The number of benzene rings is 2. The van der Waals surface area contributed by atoms with Crippen LogP contribution in [0.3, 0.4) is 0 Å². The minimum absolute atomic E-state index is 0.128. The van der Waals surface area contributed by atoms with E-state index in [9.17, 15) is 14.7 Å². The molecule has 38 heavy (non-hydrogen) atoms. The molecule has 0 unspecified atom stereocenters. The Hall–Kier alpha value is -3.22. The molecule has 1 atom stereocenters. The smallest absolute Gasteiger partial charge is 0.408 e. The summed E-state index contributed by atoms with van der Waals surface area (Å²) in [5.41, 5.74) is 2.35. The van der Waals surface area contributed by atoms with Crippen molar-refractivity contribution in [2.75, 3.05) is 6.61 Å². The van der Waals surface area contributed by atoms with Gasteiger partial charge in [-0.15, -0.1) is 0 Å². The SMILES string of the molecule is Cc1cc(O)c(C(C)(C)CCOC(=O)[C@H](CC(C)C)NC(=O)OC(C)(C)C)c(C)c1OCc1ccccc1. The Labute approximate surface area is 227 Å². The van der Waals surface area contributed by atoms with Gasteiger partial charge >= 0.3 is 12.1 Å².